The maximum Gasteiger partial charge on any atom is 0.269 e. The van der Waals surface area contributed by atoms with Crippen molar-refractivity contribution in [3.63, 3.8) is 0 Å². The number of anilines is 1. The van der Waals surface area contributed by atoms with E-state index in [9.17, 15) is 14.9 Å². The Kier molecular flexibility index (Phi) is 10.5. The van der Waals surface area contributed by atoms with Crippen LogP contribution in [0.5, 0.6) is 0 Å². The fourth-order valence-electron chi connectivity index (χ4n) is 2.66. The molecule has 1 aromatic rings. The Balaban J connectivity index is 2.03. The lowest BCUT2D eigenvalue weighted by Gasteiger charge is -2.05. The van der Waals surface area contributed by atoms with E-state index in [0.717, 1.165) is 12.8 Å². The number of benzene rings is 1. The monoisotopic (exact) mass is 334 g/mol. The number of non-ortho nitro benzene ring substituents is 1. The Bertz CT molecular complexity index is 486. The van der Waals surface area contributed by atoms with Crippen LogP contribution in [0.3, 0.4) is 0 Å². The summed E-state index contributed by atoms with van der Waals surface area (Å²) >= 11 is 0. The molecule has 0 aromatic heterocycles. The average molecular weight is 334 g/mol. The third kappa shape index (κ3) is 9.28. The highest BCUT2D eigenvalue weighted by atomic mass is 16.6. The molecule has 24 heavy (non-hydrogen) atoms. The summed E-state index contributed by atoms with van der Waals surface area (Å²) in [5, 5.41) is 13.3. The molecule has 5 nitrogen and oxygen atoms in total. The van der Waals surface area contributed by atoms with Crippen molar-refractivity contribution in [3.05, 3.63) is 34.4 Å². The molecule has 134 valence electrons. The standard InChI is InChI=1S/C19H30N2O3/c1-2-3-4-5-6-7-8-9-10-11-12-19(22)20-17-13-15-18(16-14-17)21(23)24/h13-16H,2-12H2,1H3,(H,20,22). The molecule has 0 atom stereocenters. The van der Waals surface area contributed by atoms with Gasteiger partial charge >= 0.3 is 0 Å². The average Bonchev–Trinajstić information content (AvgIpc) is 2.57. The third-order valence-corrected chi connectivity index (χ3v) is 4.12. The lowest BCUT2D eigenvalue weighted by atomic mass is 10.1. The number of hydrogen-bond donors (Lipinski definition) is 1. The van der Waals surface area contributed by atoms with Crippen molar-refractivity contribution in [3.8, 4) is 0 Å². The number of nitrogens with zero attached hydrogens (tertiary/aromatic N) is 1. The maximum atomic E-state index is 11.8. The van der Waals surface area contributed by atoms with E-state index in [-0.39, 0.29) is 11.6 Å². The van der Waals surface area contributed by atoms with Crippen LogP contribution in [0.2, 0.25) is 0 Å². The topological polar surface area (TPSA) is 72.2 Å². The van der Waals surface area contributed by atoms with Crippen LogP contribution in [-0.2, 0) is 4.79 Å². The number of unbranched alkanes of at least 4 members (excludes halogenated alkanes) is 9. The SMILES string of the molecule is CCCCCCCCCCCCC(=O)Nc1ccc([N+](=O)[O-])cc1. The van der Waals surface area contributed by atoms with Crippen molar-refractivity contribution in [2.24, 2.45) is 0 Å². The van der Waals surface area contributed by atoms with Crippen molar-refractivity contribution < 1.29 is 9.72 Å². The van der Waals surface area contributed by atoms with Gasteiger partial charge in [0.05, 0.1) is 4.92 Å². The van der Waals surface area contributed by atoms with Gasteiger partial charge in [-0.1, -0.05) is 64.7 Å². The lowest BCUT2D eigenvalue weighted by molar-refractivity contribution is -0.384. The summed E-state index contributed by atoms with van der Waals surface area (Å²) in [5.74, 6) is -0.0246. The second-order valence-electron chi connectivity index (χ2n) is 6.28. The fourth-order valence-corrected chi connectivity index (χ4v) is 2.66. The first-order valence-corrected chi connectivity index (χ1v) is 9.17. The van der Waals surface area contributed by atoms with Gasteiger partial charge in [0.25, 0.3) is 5.69 Å². The zero-order valence-corrected chi connectivity index (χ0v) is 14.8. The van der Waals surface area contributed by atoms with Crippen LogP contribution in [-0.4, -0.2) is 10.8 Å². The van der Waals surface area contributed by atoms with E-state index in [1.165, 1.54) is 63.5 Å². The summed E-state index contributed by atoms with van der Waals surface area (Å²) in [5.41, 5.74) is 0.639. The molecule has 0 aliphatic carbocycles. The van der Waals surface area contributed by atoms with Crippen LogP contribution < -0.4 is 5.32 Å². The normalized spacial score (nSPS) is 10.5. The molecule has 0 saturated carbocycles. The fraction of sp³-hybridized carbons (Fsp3) is 0.632. The molecule has 0 bridgehead atoms. The Morgan fingerprint density at radius 1 is 0.917 bits per heavy atom. The van der Waals surface area contributed by atoms with Gasteiger partial charge in [0.15, 0.2) is 0 Å². The van der Waals surface area contributed by atoms with E-state index in [1.807, 2.05) is 0 Å². The molecule has 0 aliphatic heterocycles. The number of hydrogen-bond acceptors (Lipinski definition) is 3. The first-order chi connectivity index (χ1) is 11.6. The zero-order chi connectivity index (χ0) is 17.6. The summed E-state index contributed by atoms with van der Waals surface area (Å²) in [7, 11) is 0. The van der Waals surface area contributed by atoms with E-state index >= 15 is 0 Å². The molecule has 0 fully saturated rings. The van der Waals surface area contributed by atoms with Gasteiger partial charge in [0.1, 0.15) is 0 Å². The molecule has 5 heteroatoms. The van der Waals surface area contributed by atoms with Gasteiger partial charge < -0.3 is 5.32 Å². The third-order valence-electron chi connectivity index (χ3n) is 4.12. The molecule has 1 amide bonds. The molecule has 0 saturated heterocycles. The van der Waals surface area contributed by atoms with Crippen molar-refractivity contribution in [2.75, 3.05) is 5.32 Å². The first kappa shape index (κ1) is 20.1. The number of nitro benzene ring substituents is 1. The Hall–Kier alpha value is -1.91. The molecule has 0 radical (unpaired) electrons. The minimum Gasteiger partial charge on any atom is -0.326 e. The second-order valence-corrected chi connectivity index (χ2v) is 6.28. The Morgan fingerprint density at radius 2 is 1.42 bits per heavy atom. The van der Waals surface area contributed by atoms with E-state index in [2.05, 4.69) is 12.2 Å². The Morgan fingerprint density at radius 3 is 1.92 bits per heavy atom. The van der Waals surface area contributed by atoms with E-state index in [4.69, 9.17) is 0 Å². The van der Waals surface area contributed by atoms with Crippen LogP contribution >= 0.6 is 0 Å². The van der Waals surface area contributed by atoms with Crippen LogP contribution in [0.4, 0.5) is 11.4 Å². The highest BCUT2D eigenvalue weighted by molar-refractivity contribution is 5.90. The molecule has 1 rings (SSSR count). The highest BCUT2D eigenvalue weighted by Crippen LogP contribution is 2.16. The molecular formula is C19H30N2O3. The summed E-state index contributed by atoms with van der Waals surface area (Å²) in [4.78, 5) is 21.9. The number of nitro groups is 1. The highest BCUT2D eigenvalue weighted by Gasteiger charge is 2.06. The van der Waals surface area contributed by atoms with Crippen LogP contribution in [0.25, 0.3) is 0 Å². The minimum absolute atomic E-state index is 0.0246. The van der Waals surface area contributed by atoms with Crippen molar-refractivity contribution in [2.45, 2.75) is 77.6 Å². The molecule has 1 aromatic carbocycles. The molecule has 0 unspecified atom stereocenters. The van der Waals surface area contributed by atoms with Gasteiger partial charge in [0, 0.05) is 24.2 Å². The van der Waals surface area contributed by atoms with Gasteiger partial charge in [-0.25, -0.2) is 0 Å². The van der Waals surface area contributed by atoms with Crippen LogP contribution in [0.15, 0.2) is 24.3 Å². The molecule has 0 heterocycles. The predicted molar refractivity (Wildman–Crippen MR) is 98.2 cm³/mol. The smallest absolute Gasteiger partial charge is 0.269 e. The minimum atomic E-state index is -0.449. The second kappa shape index (κ2) is 12.5. The summed E-state index contributed by atoms with van der Waals surface area (Å²) in [6.45, 7) is 2.23. The lowest BCUT2D eigenvalue weighted by Crippen LogP contribution is -2.10. The van der Waals surface area contributed by atoms with E-state index < -0.39 is 4.92 Å². The molecule has 0 aliphatic rings. The van der Waals surface area contributed by atoms with Gasteiger partial charge in [-0.05, 0) is 18.6 Å². The number of rotatable bonds is 13. The quantitative estimate of drug-likeness (QED) is 0.279. The molecule has 1 N–H and O–H groups in total. The van der Waals surface area contributed by atoms with Gasteiger partial charge in [-0.3, -0.25) is 14.9 Å². The van der Waals surface area contributed by atoms with Crippen LogP contribution in [0.1, 0.15) is 77.6 Å². The van der Waals surface area contributed by atoms with Crippen molar-refractivity contribution >= 4 is 17.3 Å². The maximum absolute atomic E-state index is 11.8. The number of amides is 1. The summed E-state index contributed by atoms with van der Waals surface area (Å²) in [6.07, 6.45) is 12.9. The van der Waals surface area contributed by atoms with Crippen molar-refractivity contribution in [1.82, 2.24) is 0 Å². The summed E-state index contributed by atoms with van der Waals surface area (Å²) in [6, 6.07) is 5.93. The van der Waals surface area contributed by atoms with Gasteiger partial charge in [-0.15, -0.1) is 0 Å². The zero-order valence-electron chi connectivity index (χ0n) is 14.8. The number of nitrogens with one attached hydrogen (secondary N) is 1. The van der Waals surface area contributed by atoms with E-state index in [0.29, 0.717) is 12.1 Å². The number of carbonyl (C=O) groups is 1. The molecule has 0 spiro atoms. The molecular weight excluding hydrogens is 304 g/mol. The van der Waals surface area contributed by atoms with Crippen molar-refractivity contribution in [1.29, 1.82) is 0 Å². The largest absolute Gasteiger partial charge is 0.326 e. The first-order valence-electron chi connectivity index (χ1n) is 9.17. The predicted octanol–water partition coefficient (Wildman–Crippen LogP) is 5.84. The van der Waals surface area contributed by atoms with Crippen LogP contribution in [0, 0.1) is 10.1 Å². The summed E-state index contributed by atoms with van der Waals surface area (Å²) < 4.78 is 0. The number of carbonyl (C=O) groups excluding carboxylic acids is 1. The van der Waals surface area contributed by atoms with Gasteiger partial charge in [-0.2, -0.15) is 0 Å². The van der Waals surface area contributed by atoms with Gasteiger partial charge in [0.2, 0.25) is 5.91 Å². The van der Waals surface area contributed by atoms with E-state index in [1.54, 1.807) is 12.1 Å². The Labute approximate surface area is 145 Å².